The predicted octanol–water partition coefficient (Wildman–Crippen LogP) is 1.64. The van der Waals surface area contributed by atoms with Crippen molar-refractivity contribution in [3.8, 4) is 11.5 Å². The summed E-state index contributed by atoms with van der Waals surface area (Å²) in [5.41, 5.74) is 0.268. The van der Waals surface area contributed by atoms with E-state index in [9.17, 15) is 8.78 Å². The lowest BCUT2D eigenvalue weighted by Gasteiger charge is -2.27. The van der Waals surface area contributed by atoms with E-state index < -0.39 is 17.7 Å². The molecule has 0 spiro atoms. The van der Waals surface area contributed by atoms with Gasteiger partial charge in [0.15, 0.2) is 23.1 Å². The first-order valence-corrected chi connectivity index (χ1v) is 5.61. The molecule has 1 aliphatic heterocycles. The number of nitrogens with one attached hydrogen (secondary N) is 1. The van der Waals surface area contributed by atoms with E-state index in [-0.39, 0.29) is 17.1 Å². The number of rotatable bonds is 3. The van der Waals surface area contributed by atoms with E-state index in [0.717, 1.165) is 6.07 Å². The molecule has 6 heteroatoms. The Bertz CT molecular complexity index is 406. The number of benzene rings is 1. The second-order valence-corrected chi connectivity index (χ2v) is 3.88. The minimum Gasteiger partial charge on any atom is -0.493 e. The van der Waals surface area contributed by atoms with Crippen LogP contribution in [-0.2, 0) is 4.74 Å². The molecule has 1 atom stereocenters. The third-order valence-corrected chi connectivity index (χ3v) is 2.83. The lowest BCUT2D eigenvalue weighted by Crippen LogP contribution is -2.34. The summed E-state index contributed by atoms with van der Waals surface area (Å²) in [4.78, 5) is 0. The molecule has 100 valence electrons. The van der Waals surface area contributed by atoms with Crippen LogP contribution in [0.1, 0.15) is 11.7 Å². The van der Waals surface area contributed by atoms with Crippen LogP contribution in [0.25, 0.3) is 0 Å². The zero-order chi connectivity index (χ0) is 13.1. The quantitative estimate of drug-likeness (QED) is 0.896. The number of halogens is 2. The van der Waals surface area contributed by atoms with E-state index in [4.69, 9.17) is 14.2 Å². The number of hydrogen-bond acceptors (Lipinski definition) is 4. The van der Waals surface area contributed by atoms with Crippen LogP contribution >= 0.6 is 0 Å². The first kappa shape index (κ1) is 13.0. The largest absolute Gasteiger partial charge is 0.493 e. The Morgan fingerprint density at radius 3 is 2.28 bits per heavy atom. The average Bonchev–Trinajstić information content (AvgIpc) is 2.39. The number of hydrogen-bond donors (Lipinski definition) is 1. The highest BCUT2D eigenvalue weighted by molar-refractivity contribution is 5.48. The second kappa shape index (κ2) is 5.49. The number of morpholine rings is 1. The first-order valence-electron chi connectivity index (χ1n) is 5.61. The molecule has 1 saturated heterocycles. The van der Waals surface area contributed by atoms with Gasteiger partial charge < -0.3 is 19.5 Å². The van der Waals surface area contributed by atoms with E-state index in [0.29, 0.717) is 19.7 Å². The van der Waals surface area contributed by atoms with E-state index in [1.165, 1.54) is 14.2 Å². The Balaban J connectivity index is 2.52. The zero-order valence-electron chi connectivity index (χ0n) is 10.3. The molecule has 0 amide bonds. The van der Waals surface area contributed by atoms with Crippen LogP contribution in [0.15, 0.2) is 6.07 Å². The summed E-state index contributed by atoms with van der Waals surface area (Å²) in [7, 11) is 2.66. The fourth-order valence-electron chi connectivity index (χ4n) is 2.06. The van der Waals surface area contributed by atoms with Gasteiger partial charge in [-0.25, -0.2) is 8.78 Å². The van der Waals surface area contributed by atoms with Crippen molar-refractivity contribution in [3.05, 3.63) is 23.3 Å². The van der Waals surface area contributed by atoms with Crippen molar-refractivity contribution in [2.45, 2.75) is 6.10 Å². The van der Waals surface area contributed by atoms with Crippen LogP contribution in [0, 0.1) is 11.6 Å². The Labute approximate surface area is 104 Å². The molecular formula is C12H15F2NO3. The maximum Gasteiger partial charge on any atom is 0.168 e. The molecule has 0 saturated carbocycles. The molecule has 1 unspecified atom stereocenters. The van der Waals surface area contributed by atoms with Crippen LogP contribution < -0.4 is 14.8 Å². The van der Waals surface area contributed by atoms with Crippen LogP contribution in [0.2, 0.25) is 0 Å². The van der Waals surface area contributed by atoms with E-state index in [1.54, 1.807) is 0 Å². The minimum atomic E-state index is -0.764. The lowest BCUT2D eigenvalue weighted by molar-refractivity contribution is 0.0241. The van der Waals surface area contributed by atoms with Crippen LogP contribution in [0.3, 0.4) is 0 Å². The summed E-state index contributed by atoms with van der Waals surface area (Å²) >= 11 is 0. The summed E-state index contributed by atoms with van der Waals surface area (Å²) < 4.78 is 42.9. The van der Waals surface area contributed by atoms with Gasteiger partial charge in [0.1, 0.15) is 6.10 Å². The second-order valence-electron chi connectivity index (χ2n) is 3.88. The summed E-state index contributed by atoms with van der Waals surface area (Å²) in [6.45, 7) is 1.63. The smallest absolute Gasteiger partial charge is 0.168 e. The summed E-state index contributed by atoms with van der Waals surface area (Å²) in [6.07, 6.45) is -0.492. The average molecular weight is 259 g/mol. The molecular weight excluding hydrogens is 244 g/mol. The van der Waals surface area contributed by atoms with Gasteiger partial charge in [0, 0.05) is 19.2 Å². The summed E-state index contributed by atoms with van der Waals surface area (Å²) in [6, 6.07) is 0.747. The third-order valence-electron chi connectivity index (χ3n) is 2.83. The Morgan fingerprint density at radius 2 is 1.83 bits per heavy atom. The van der Waals surface area contributed by atoms with Gasteiger partial charge in [0.25, 0.3) is 0 Å². The Morgan fingerprint density at radius 1 is 1.22 bits per heavy atom. The van der Waals surface area contributed by atoms with Crippen molar-refractivity contribution in [2.75, 3.05) is 33.9 Å². The standard InChI is InChI=1S/C12H15F2NO3/c1-16-11-7(13)5-8(14)12(17-2)10(11)9-6-15-3-4-18-9/h5,9,15H,3-4,6H2,1-2H3. The van der Waals surface area contributed by atoms with E-state index in [1.807, 2.05) is 0 Å². The summed E-state index contributed by atoms with van der Waals surface area (Å²) in [5.74, 6) is -1.61. The Kier molecular flexibility index (Phi) is 3.98. The number of methoxy groups -OCH3 is 2. The lowest BCUT2D eigenvalue weighted by atomic mass is 10.0. The molecule has 1 N–H and O–H groups in total. The molecule has 0 aromatic heterocycles. The van der Waals surface area contributed by atoms with Crippen molar-refractivity contribution < 1.29 is 23.0 Å². The molecule has 18 heavy (non-hydrogen) atoms. The highest BCUT2D eigenvalue weighted by Crippen LogP contribution is 2.40. The molecule has 1 aromatic carbocycles. The summed E-state index contributed by atoms with van der Waals surface area (Å²) in [5, 5.41) is 3.09. The molecule has 2 rings (SSSR count). The molecule has 1 heterocycles. The van der Waals surface area contributed by atoms with Crippen molar-refractivity contribution in [2.24, 2.45) is 0 Å². The van der Waals surface area contributed by atoms with Gasteiger partial charge in [0.2, 0.25) is 0 Å². The monoisotopic (exact) mass is 259 g/mol. The molecule has 1 fully saturated rings. The highest BCUT2D eigenvalue weighted by Gasteiger charge is 2.28. The maximum atomic E-state index is 13.7. The number of ether oxygens (including phenoxy) is 3. The van der Waals surface area contributed by atoms with Gasteiger partial charge in [0.05, 0.1) is 26.4 Å². The Hall–Kier alpha value is -1.40. The highest BCUT2D eigenvalue weighted by atomic mass is 19.1. The van der Waals surface area contributed by atoms with Crippen molar-refractivity contribution in [3.63, 3.8) is 0 Å². The van der Waals surface area contributed by atoms with Gasteiger partial charge in [-0.3, -0.25) is 0 Å². The fraction of sp³-hybridized carbons (Fsp3) is 0.500. The molecule has 1 aromatic rings. The van der Waals surface area contributed by atoms with E-state index in [2.05, 4.69) is 5.32 Å². The minimum absolute atomic E-state index is 0.0399. The molecule has 0 bridgehead atoms. The fourth-order valence-corrected chi connectivity index (χ4v) is 2.06. The van der Waals surface area contributed by atoms with Crippen LogP contribution in [0.4, 0.5) is 8.78 Å². The predicted molar refractivity (Wildman–Crippen MR) is 61.0 cm³/mol. The molecule has 1 aliphatic rings. The molecule has 4 nitrogen and oxygen atoms in total. The van der Waals surface area contributed by atoms with Crippen LogP contribution in [0.5, 0.6) is 11.5 Å². The van der Waals surface area contributed by atoms with Crippen molar-refractivity contribution in [1.29, 1.82) is 0 Å². The van der Waals surface area contributed by atoms with Gasteiger partial charge in [-0.1, -0.05) is 0 Å². The molecule has 0 radical (unpaired) electrons. The normalized spacial score (nSPS) is 19.7. The third kappa shape index (κ3) is 2.26. The molecule has 0 aliphatic carbocycles. The SMILES string of the molecule is COc1c(F)cc(F)c(OC)c1C1CNCCO1. The van der Waals surface area contributed by atoms with Crippen molar-refractivity contribution in [1.82, 2.24) is 5.32 Å². The first-order chi connectivity index (χ1) is 8.69. The van der Waals surface area contributed by atoms with E-state index >= 15 is 0 Å². The maximum absolute atomic E-state index is 13.7. The van der Waals surface area contributed by atoms with Gasteiger partial charge in [-0.05, 0) is 0 Å². The van der Waals surface area contributed by atoms with Gasteiger partial charge >= 0.3 is 0 Å². The van der Waals surface area contributed by atoms with Gasteiger partial charge in [-0.15, -0.1) is 0 Å². The van der Waals surface area contributed by atoms with Crippen LogP contribution in [-0.4, -0.2) is 33.9 Å². The zero-order valence-corrected chi connectivity index (χ0v) is 10.3. The van der Waals surface area contributed by atoms with Gasteiger partial charge in [-0.2, -0.15) is 0 Å². The van der Waals surface area contributed by atoms with Crippen molar-refractivity contribution >= 4 is 0 Å². The topological polar surface area (TPSA) is 39.7 Å².